The molecule has 1 aromatic heterocycles. The average molecular weight is 364 g/mol. The van der Waals surface area contributed by atoms with Gasteiger partial charge in [0.05, 0.1) is 12.4 Å². The van der Waals surface area contributed by atoms with Crippen molar-refractivity contribution in [1.29, 1.82) is 0 Å². The first-order valence-electron chi connectivity index (χ1n) is 7.39. The van der Waals surface area contributed by atoms with Gasteiger partial charge in [-0.2, -0.15) is 0 Å². The minimum absolute atomic E-state index is 0.00808. The second-order valence-electron chi connectivity index (χ2n) is 4.97. The van der Waals surface area contributed by atoms with Gasteiger partial charge in [-0.1, -0.05) is 17.8 Å². The number of ether oxygens (including phenoxy) is 1. The molecule has 2 rings (SSSR count). The summed E-state index contributed by atoms with van der Waals surface area (Å²) in [5.41, 5.74) is 6.94. The van der Waals surface area contributed by atoms with Gasteiger partial charge in [0.2, 0.25) is 5.91 Å². The molecule has 132 valence electrons. The lowest BCUT2D eigenvalue weighted by atomic mass is 10.2. The van der Waals surface area contributed by atoms with Gasteiger partial charge in [0.1, 0.15) is 17.2 Å². The monoisotopic (exact) mass is 364 g/mol. The van der Waals surface area contributed by atoms with Crippen LogP contribution in [0.5, 0.6) is 0 Å². The number of nitrogens with one attached hydrogen (secondary N) is 1. The van der Waals surface area contributed by atoms with E-state index >= 15 is 0 Å². The van der Waals surface area contributed by atoms with Crippen molar-refractivity contribution < 1.29 is 18.7 Å². The maximum absolute atomic E-state index is 13.2. The first-order chi connectivity index (χ1) is 11.9. The lowest BCUT2D eigenvalue weighted by Crippen LogP contribution is -2.15. The van der Waals surface area contributed by atoms with E-state index in [0.717, 1.165) is 17.3 Å². The quantitative estimate of drug-likeness (QED) is 0.460. The minimum Gasteiger partial charge on any atom is -0.462 e. The van der Waals surface area contributed by atoms with Crippen molar-refractivity contribution in [1.82, 2.24) is 9.97 Å². The lowest BCUT2D eigenvalue weighted by molar-refractivity contribution is -0.113. The van der Waals surface area contributed by atoms with Crippen molar-refractivity contribution in [3.63, 3.8) is 0 Å². The predicted octanol–water partition coefficient (Wildman–Crippen LogP) is 2.41. The van der Waals surface area contributed by atoms with E-state index in [4.69, 9.17) is 10.5 Å². The molecule has 0 bridgehead atoms. The van der Waals surface area contributed by atoms with E-state index in [1.807, 2.05) is 0 Å². The average Bonchev–Trinajstić information content (AvgIpc) is 2.56. The number of halogens is 1. The number of amides is 1. The molecule has 0 radical (unpaired) electrons. The fraction of sp³-hybridized carbons (Fsp3) is 0.250. The number of anilines is 2. The first kappa shape index (κ1) is 18.7. The molecule has 0 aliphatic heterocycles. The number of nitrogen functional groups attached to an aromatic ring is 1. The number of nitrogens with two attached hydrogens (primary N) is 1. The Morgan fingerprint density at radius 2 is 2.16 bits per heavy atom. The Morgan fingerprint density at radius 1 is 1.40 bits per heavy atom. The molecule has 0 fully saturated rings. The second kappa shape index (κ2) is 8.43. The smallest absolute Gasteiger partial charge is 0.343 e. The third kappa shape index (κ3) is 5.15. The number of aryl methyl sites for hydroxylation is 1. The zero-order chi connectivity index (χ0) is 18.4. The normalized spacial score (nSPS) is 10.4. The Bertz CT molecular complexity index is 801. The highest BCUT2D eigenvalue weighted by atomic mass is 32.2. The zero-order valence-corrected chi connectivity index (χ0v) is 14.5. The molecule has 0 unspecified atom stereocenters. The molecule has 1 aromatic carbocycles. The summed E-state index contributed by atoms with van der Waals surface area (Å²) in [6.45, 7) is 3.66. The molecular formula is C16H17FN4O3S. The fourth-order valence-corrected chi connectivity index (χ4v) is 2.48. The van der Waals surface area contributed by atoms with Crippen LogP contribution in [0.4, 0.5) is 15.9 Å². The van der Waals surface area contributed by atoms with Crippen LogP contribution in [0.1, 0.15) is 22.8 Å². The summed E-state index contributed by atoms with van der Waals surface area (Å²) in [4.78, 5) is 31.6. The van der Waals surface area contributed by atoms with Gasteiger partial charge >= 0.3 is 5.97 Å². The molecule has 3 N–H and O–H groups in total. The number of carbonyl (C=O) groups is 2. The largest absolute Gasteiger partial charge is 0.462 e. The molecule has 1 heterocycles. The van der Waals surface area contributed by atoms with Gasteiger partial charge in [-0.05, 0) is 31.5 Å². The summed E-state index contributed by atoms with van der Waals surface area (Å²) in [6.07, 6.45) is 1.26. The molecule has 0 saturated carbocycles. The van der Waals surface area contributed by atoms with Crippen LogP contribution in [0, 0.1) is 12.7 Å². The van der Waals surface area contributed by atoms with Crippen LogP contribution in [0.15, 0.2) is 29.6 Å². The van der Waals surface area contributed by atoms with Gasteiger partial charge in [-0.15, -0.1) is 0 Å². The topological polar surface area (TPSA) is 107 Å². The van der Waals surface area contributed by atoms with Crippen molar-refractivity contribution in [3.05, 3.63) is 41.3 Å². The Labute approximate surface area is 148 Å². The van der Waals surface area contributed by atoms with Gasteiger partial charge in [0.15, 0.2) is 5.16 Å². The third-order valence-electron chi connectivity index (χ3n) is 3.10. The number of thioether (sulfide) groups is 1. The van der Waals surface area contributed by atoms with Crippen molar-refractivity contribution >= 4 is 35.1 Å². The van der Waals surface area contributed by atoms with Crippen LogP contribution in [0.25, 0.3) is 0 Å². The summed E-state index contributed by atoms with van der Waals surface area (Å²) in [5.74, 6) is -1.38. The van der Waals surface area contributed by atoms with Crippen LogP contribution in [-0.2, 0) is 9.53 Å². The summed E-state index contributed by atoms with van der Waals surface area (Å²) < 4.78 is 18.1. The SMILES string of the molecule is CCOC(=O)c1cnc(SCC(=O)Nc2cc(F)ccc2C)nc1N. The number of hydrogen-bond donors (Lipinski definition) is 2. The van der Waals surface area contributed by atoms with E-state index in [0.29, 0.717) is 5.69 Å². The molecule has 0 atom stereocenters. The summed E-state index contributed by atoms with van der Waals surface area (Å²) in [7, 11) is 0. The Kier molecular flexibility index (Phi) is 6.29. The first-order valence-corrected chi connectivity index (χ1v) is 8.37. The van der Waals surface area contributed by atoms with E-state index < -0.39 is 11.8 Å². The molecule has 25 heavy (non-hydrogen) atoms. The molecule has 2 aromatic rings. The van der Waals surface area contributed by atoms with Crippen LogP contribution in [-0.4, -0.2) is 34.2 Å². The maximum atomic E-state index is 13.2. The third-order valence-corrected chi connectivity index (χ3v) is 3.96. The number of carbonyl (C=O) groups excluding carboxylic acids is 2. The fourth-order valence-electron chi connectivity index (χ4n) is 1.86. The molecule has 0 spiro atoms. The number of hydrogen-bond acceptors (Lipinski definition) is 7. The summed E-state index contributed by atoms with van der Waals surface area (Å²) in [6, 6.07) is 4.15. The standard InChI is InChI=1S/C16H17FN4O3S/c1-3-24-15(23)11-7-19-16(21-14(11)18)25-8-13(22)20-12-6-10(17)5-4-9(12)2/h4-7H,3,8H2,1-2H3,(H,20,22)(H2,18,19,21). The molecule has 0 aliphatic rings. The highest BCUT2D eigenvalue weighted by Crippen LogP contribution is 2.19. The maximum Gasteiger partial charge on any atom is 0.343 e. The van der Waals surface area contributed by atoms with E-state index in [1.165, 1.54) is 18.3 Å². The van der Waals surface area contributed by atoms with Gasteiger partial charge < -0.3 is 15.8 Å². The van der Waals surface area contributed by atoms with Gasteiger partial charge in [0, 0.05) is 11.9 Å². The van der Waals surface area contributed by atoms with E-state index in [2.05, 4.69) is 15.3 Å². The van der Waals surface area contributed by atoms with Gasteiger partial charge in [0.25, 0.3) is 0 Å². The van der Waals surface area contributed by atoms with Crippen LogP contribution < -0.4 is 11.1 Å². The predicted molar refractivity (Wildman–Crippen MR) is 92.9 cm³/mol. The molecule has 1 amide bonds. The number of nitrogens with zero attached hydrogens (tertiary/aromatic N) is 2. The molecule has 0 saturated heterocycles. The molecule has 7 nitrogen and oxygen atoms in total. The molecular weight excluding hydrogens is 347 g/mol. The minimum atomic E-state index is -0.601. The van der Waals surface area contributed by atoms with Gasteiger partial charge in [-0.3, -0.25) is 4.79 Å². The summed E-state index contributed by atoms with van der Waals surface area (Å²) in [5, 5.41) is 2.87. The molecule has 9 heteroatoms. The number of aromatic nitrogens is 2. The molecule has 0 aliphatic carbocycles. The van der Waals surface area contributed by atoms with Crippen LogP contribution in [0.2, 0.25) is 0 Å². The van der Waals surface area contributed by atoms with Gasteiger partial charge in [-0.25, -0.2) is 19.2 Å². The van der Waals surface area contributed by atoms with Crippen molar-refractivity contribution in [2.45, 2.75) is 19.0 Å². The van der Waals surface area contributed by atoms with Crippen LogP contribution >= 0.6 is 11.8 Å². The van der Waals surface area contributed by atoms with Crippen molar-refractivity contribution in [2.75, 3.05) is 23.4 Å². The number of esters is 1. The summed E-state index contributed by atoms with van der Waals surface area (Å²) >= 11 is 1.05. The van der Waals surface area contributed by atoms with E-state index in [9.17, 15) is 14.0 Å². The Hall–Kier alpha value is -2.68. The van der Waals surface area contributed by atoms with E-state index in [1.54, 1.807) is 19.9 Å². The zero-order valence-electron chi connectivity index (χ0n) is 13.7. The van der Waals surface area contributed by atoms with Crippen LogP contribution in [0.3, 0.4) is 0 Å². The number of rotatable bonds is 6. The highest BCUT2D eigenvalue weighted by molar-refractivity contribution is 7.99. The highest BCUT2D eigenvalue weighted by Gasteiger charge is 2.14. The van der Waals surface area contributed by atoms with Crippen molar-refractivity contribution in [3.8, 4) is 0 Å². The van der Waals surface area contributed by atoms with Crippen molar-refractivity contribution in [2.24, 2.45) is 0 Å². The number of benzene rings is 1. The Balaban J connectivity index is 1.96. The van der Waals surface area contributed by atoms with E-state index in [-0.39, 0.29) is 34.8 Å². The Morgan fingerprint density at radius 3 is 2.84 bits per heavy atom. The second-order valence-corrected chi connectivity index (χ2v) is 5.91. The lowest BCUT2D eigenvalue weighted by Gasteiger charge is -2.08.